The van der Waals surface area contributed by atoms with Gasteiger partial charge in [0.05, 0.1) is 6.04 Å². The number of rotatable bonds is 2. The van der Waals surface area contributed by atoms with Crippen LogP contribution in [0.5, 0.6) is 0 Å². The molecular formula is C7H9F3N4O4. The molecule has 11 heteroatoms. The number of nitrogens with one attached hydrogen (secondary N) is 1. The number of hydrogen-bond donors (Lipinski definition) is 3. The average molecular weight is 270 g/mol. The first-order valence-corrected chi connectivity index (χ1v) is 4.49. The third-order valence-corrected chi connectivity index (χ3v) is 1.86. The Kier molecular flexibility index (Phi) is 5.93. The van der Waals surface area contributed by atoms with E-state index < -0.39 is 24.2 Å². The fourth-order valence-corrected chi connectivity index (χ4v) is 1.07. The van der Waals surface area contributed by atoms with E-state index in [1.54, 1.807) is 0 Å². The normalized spacial score (nSPS) is 22.4. The second kappa shape index (κ2) is 6.67. The van der Waals surface area contributed by atoms with Gasteiger partial charge in [-0.05, 0) is 12.0 Å². The quantitative estimate of drug-likeness (QED) is 0.386. The van der Waals surface area contributed by atoms with Gasteiger partial charge in [-0.25, -0.2) is 4.79 Å². The minimum absolute atomic E-state index is 0.207. The molecule has 1 fully saturated rings. The van der Waals surface area contributed by atoms with Gasteiger partial charge in [0, 0.05) is 11.5 Å². The highest BCUT2D eigenvalue weighted by Crippen LogP contribution is 2.13. The number of azide groups is 1. The summed E-state index contributed by atoms with van der Waals surface area (Å²) < 4.78 is 31.7. The van der Waals surface area contributed by atoms with Gasteiger partial charge in [0.15, 0.2) is 0 Å². The molecule has 1 heterocycles. The van der Waals surface area contributed by atoms with Crippen LogP contribution in [0.4, 0.5) is 13.2 Å². The molecule has 0 aromatic heterocycles. The zero-order valence-corrected chi connectivity index (χ0v) is 8.76. The van der Waals surface area contributed by atoms with Gasteiger partial charge < -0.3 is 15.5 Å². The number of alkyl halides is 3. The largest absolute Gasteiger partial charge is 0.490 e. The molecule has 8 nitrogen and oxygen atoms in total. The maximum Gasteiger partial charge on any atom is 0.490 e. The molecular weight excluding hydrogens is 261 g/mol. The van der Waals surface area contributed by atoms with Crippen LogP contribution in [0.3, 0.4) is 0 Å². The number of halogens is 3. The van der Waals surface area contributed by atoms with Gasteiger partial charge in [-0.3, -0.25) is 4.79 Å². The lowest BCUT2D eigenvalue weighted by Crippen LogP contribution is -2.29. The first kappa shape index (κ1) is 16.0. The van der Waals surface area contributed by atoms with E-state index in [4.69, 9.17) is 20.5 Å². The second-order valence-corrected chi connectivity index (χ2v) is 3.20. The van der Waals surface area contributed by atoms with Crippen molar-refractivity contribution in [3.05, 3.63) is 10.4 Å². The molecule has 18 heavy (non-hydrogen) atoms. The van der Waals surface area contributed by atoms with Crippen molar-refractivity contribution in [3.63, 3.8) is 0 Å². The third kappa shape index (κ3) is 5.92. The molecule has 0 aromatic rings. The van der Waals surface area contributed by atoms with Crippen molar-refractivity contribution in [2.45, 2.75) is 24.7 Å². The monoisotopic (exact) mass is 270 g/mol. The van der Waals surface area contributed by atoms with E-state index in [2.05, 4.69) is 15.3 Å². The summed E-state index contributed by atoms with van der Waals surface area (Å²) in [4.78, 5) is 21.9. The predicted molar refractivity (Wildman–Crippen MR) is 50.7 cm³/mol. The van der Waals surface area contributed by atoms with E-state index in [1.807, 2.05) is 0 Å². The zero-order valence-electron chi connectivity index (χ0n) is 8.76. The van der Waals surface area contributed by atoms with Gasteiger partial charge in [-0.1, -0.05) is 5.11 Å². The first-order chi connectivity index (χ1) is 8.18. The van der Waals surface area contributed by atoms with Crippen LogP contribution in [-0.2, 0) is 9.59 Å². The van der Waals surface area contributed by atoms with Crippen molar-refractivity contribution in [2.24, 2.45) is 5.11 Å². The first-order valence-electron chi connectivity index (χ1n) is 4.49. The SMILES string of the molecule is O=C(O)C(F)(F)F.[N-]=[N+]=N[C@@H]1CN[C@H](C(=O)O)C1. The van der Waals surface area contributed by atoms with E-state index in [9.17, 15) is 18.0 Å². The van der Waals surface area contributed by atoms with Crippen LogP contribution in [0.15, 0.2) is 5.11 Å². The van der Waals surface area contributed by atoms with Crippen molar-refractivity contribution >= 4 is 11.9 Å². The van der Waals surface area contributed by atoms with Crippen LogP contribution in [0, 0.1) is 0 Å². The van der Waals surface area contributed by atoms with Crippen LogP contribution in [0.1, 0.15) is 6.42 Å². The molecule has 0 bridgehead atoms. The Bertz CT molecular complexity index is 358. The summed E-state index contributed by atoms with van der Waals surface area (Å²) in [6.07, 6.45) is -4.70. The molecule has 0 amide bonds. The van der Waals surface area contributed by atoms with Gasteiger partial charge in [0.2, 0.25) is 0 Å². The molecule has 0 radical (unpaired) electrons. The van der Waals surface area contributed by atoms with E-state index in [0.29, 0.717) is 13.0 Å². The fourth-order valence-electron chi connectivity index (χ4n) is 1.07. The maximum absolute atomic E-state index is 10.6. The number of carboxylic acids is 2. The summed E-state index contributed by atoms with van der Waals surface area (Å²) in [5.41, 5.74) is 8.03. The van der Waals surface area contributed by atoms with Crippen molar-refractivity contribution in [2.75, 3.05) is 6.54 Å². The number of nitrogens with zero attached hydrogens (tertiary/aromatic N) is 3. The topological polar surface area (TPSA) is 135 Å². The molecule has 1 aliphatic rings. The van der Waals surface area contributed by atoms with Gasteiger partial charge in [-0.2, -0.15) is 13.2 Å². The van der Waals surface area contributed by atoms with E-state index in [-0.39, 0.29) is 6.04 Å². The molecule has 1 aliphatic heterocycles. The summed E-state index contributed by atoms with van der Waals surface area (Å²) in [7, 11) is 0. The van der Waals surface area contributed by atoms with Gasteiger partial charge in [0.1, 0.15) is 6.04 Å². The number of carboxylic acid groups (broad SMARTS) is 2. The summed E-state index contributed by atoms with van der Waals surface area (Å²) in [6, 6.07) is -0.758. The second-order valence-electron chi connectivity index (χ2n) is 3.20. The molecule has 2 atom stereocenters. The van der Waals surface area contributed by atoms with E-state index in [0.717, 1.165) is 0 Å². The number of carbonyl (C=O) groups is 2. The van der Waals surface area contributed by atoms with Crippen LogP contribution in [0.25, 0.3) is 10.4 Å². The van der Waals surface area contributed by atoms with Gasteiger partial charge in [-0.15, -0.1) is 0 Å². The number of aliphatic carboxylic acids is 2. The Balaban J connectivity index is 0.000000360. The van der Waals surface area contributed by atoms with E-state index in [1.165, 1.54) is 0 Å². The lowest BCUT2D eigenvalue weighted by Gasteiger charge is -2.00. The van der Waals surface area contributed by atoms with Crippen molar-refractivity contribution in [3.8, 4) is 0 Å². The van der Waals surface area contributed by atoms with E-state index >= 15 is 0 Å². The predicted octanol–water partition coefficient (Wildman–Crippen LogP) is 0.745. The Morgan fingerprint density at radius 3 is 2.17 bits per heavy atom. The van der Waals surface area contributed by atoms with Crippen molar-refractivity contribution < 1.29 is 33.0 Å². The summed E-state index contributed by atoms with van der Waals surface area (Å²) in [5, 5.41) is 21.8. The Morgan fingerprint density at radius 2 is 1.89 bits per heavy atom. The Labute approximate surface area is 98.0 Å². The molecule has 0 saturated carbocycles. The lowest BCUT2D eigenvalue weighted by atomic mass is 10.2. The molecule has 1 rings (SSSR count). The maximum atomic E-state index is 10.6. The Hall–Kier alpha value is -2.00. The Morgan fingerprint density at radius 1 is 1.39 bits per heavy atom. The number of hydrogen-bond acceptors (Lipinski definition) is 4. The van der Waals surface area contributed by atoms with Gasteiger partial charge >= 0.3 is 18.1 Å². The smallest absolute Gasteiger partial charge is 0.480 e. The molecule has 3 N–H and O–H groups in total. The molecule has 0 unspecified atom stereocenters. The van der Waals surface area contributed by atoms with Crippen molar-refractivity contribution in [1.82, 2.24) is 5.32 Å². The minimum atomic E-state index is -5.08. The summed E-state index contributed by atoms with van der Waals surface area (Å²) in [6.45, 7) is 0.459. The van der Waals surface area contributed by atoms with Gasteiger partial charge in [0.25, 0.3) is 0 Å². The molecule has 1 saturated heterocycles. The molecule has 0 aromatic carbocycles. The summed E-state index contributed by atoms with van der Waals surface area (Å²) >= 11 is 0. The van der Waals surface area contributed by atoms with Crippen LogP contribution < -0.4 is 5.32 Å². The highest BCUT2D eigenvalue weighted by atomic mass is 19.4. The highest BCUT2D eigenvalue weighted by molar-refractivity contribution is 5.74. The molecule has 102 valence electrons. The fraction of sp³-hybridized carbons (Fsp3) is 0.714. The van der Waals surface area contributed by atoms with Crippen LogP contribution in [-0.4, -0.2) is 47.0 Å². The zero-order chi connectivity index (χ0) is 14.3. The average Bonchev–Trinajstić information content (AvgIpc) is 2.66. The minimum Gasteiger partial charge on any atom is -0.480 e. The van der Waals surface area contributed by atoms with Crippen LogP contribution in [0.2, 0.25) is 0 Å². The standard InChI is InChI=1S/C5H8N4O2.C2HF3O2/c6-9-8-3-1-4(5(10)11)7-2-3;3-2(4,5)1(6)7/h3-4,7H,1-2H2,(H,10,11);(H,6,7)/t3-,4-;/m0./s1. The highest BCUT2D eigenvalue weighted by Gasteiger charge is 2.38. The van der Waals surface area contributed by atoms with Crippen molar-refractivity contribution in [1.29, 1.82) is 0 Å². The third-order valence-electron chi connectivity index (χ3n) is 1.86. The molecule has 0 aliphatic carbocycles. The molecule has 0 spiro atoms. The lowest BCUT2D eigenvalue weighted by molar-refractivity contribution is -0.192. The van der Waals surface area contributed by atoms with Crippen LogP contribution >= 0.6 is 0 Å². The summed E-state index contributed by atoms with van der Waals surface area (Å²) in [5.74, 6) is -3.65.